The molecule has 4 nitrogen and oxygen atoms in total. The lowest BCUT2D eigenvalue weighted by atomic mass is 10.2. The van der Waals surface area contributed by atoms with Crippen LogP contribution in [-0.2, 0) is 11.3 Å². The average molecular weight is 224 g/mol. The highest BCUT2D eigenvalue weighted by molar-refractivity contribution is 7.09. The lowest BCUT2D eigenvalue weighted by molar-refractivity contribution is 0.0895. The first-order valence-corrected chi connectivity index (χ1v) is 5.71. The van der Waals surface area contributed by atoms with Crippen LogP contribution in [0.3, 0.4) is 0 Å². The Kier molecular flexibility index (Phi) is 3.13. The van der Waals surface area contributed by atoms with Crippen LogP contribution in [0, 0.1) is 0 Å². The Morgan fingerprint density at radius 3 is 3.13 bits per heavy atom. The second kappa shape index (κ2) is 4.55. The summed E-state index contributed by atoms with van der Waals surface area (Å²) in [5.41, 5.74) is 5.87. The van der Waals surface area contributed by atoms with Gasteiger partial charge in [-0.25, -0.2) is 4.98 Å². The van der Waals surface area contributed by atoms with Crippen molar-refractivity contribution in [2.75, 3.05) is 6.61 Å². The largest absolute Gasteiger partial charge is 0.490 e. The third-order valence-electron chi connectivity index (χ3n) is 2.12. The van der Waals surface area contributed by atoms with E-state index in [0.717, 1.165) is 17.8 Å². The number of nitrogens with zero attached hydrogens (tertiary/aromatic N) is 1. The van der Waals surface area contributed by atoms with Crippen molar-refractivity contribution < 1.29 is 9.53 Å². The fourth-order valence-corrected chi connectivity index (χ4v) is 2.01. The lowest BCUT2D eigenvalue weighted by Gasteiger charge is -2.12. The summed E-state index contributed by atoms with van der Waals surface area (Å²) < 4.78 is 5.28. The molecule has 1 aromatic rings. The third kappa shape index (κ3) is 2.24. The van der Waals surface area contributed by atoms with Gasteiger partial charge in [0.15, 0.2) is 5.76 Å². The highest BCUT2D eigenvalue weighted by atomic mass is 32.1. The number of aromatic nitrogens is 1. The molecule has 0 unspecified atom stereocenters. The first kappa shape index (κ1) is 10.3. The summed E-state index contributed by atoms with van der Waals surface area (Å²) in [5.74, 6) is 0.292. The molecule has 0 fully saturated rings. The lowest BCUT2D eigenvalue weighted by Crippen LogP contribution is -2.12. The van der Waals surface area contributed by atoms with Crippen LogP contribution in [0.15, 0.2) is 17.2 Å². The van der Waals surface area contributed by atoms with Gasteiger partial charge in [0.25, 0.3) is 0 Å². The van der Waals surface area contributed by atoms with E-state index in [9.17, 15) is 4.79 Å². The molecular formula is C10H12N2O2S. The summed E-state index contributed by atoms with van der Waals surface area (Å²) in [6, 6.07) is 0. The average Bonchev–Trinajstić information content (AvgIpc) is 2.78. The summed E-state index contributed by atoms with van der Waals surface area (Å²) in [4.78, 5) is 16.0. The molecule has 80 valence electrons. The molecule has 0 bridgehead atoms. The van der Waals surface area contributed by atoms with Gasteiger partial charge in [0.05, 0.1) is 6.61 Å². The molecule has 2 heterocycles. The van der Waals surface area contributed by atoms with Crippen LogP contribution in [0.5, 0.6) is 0 Å². The molecule has 0 saturated heterocycles. The number of carbonyl (C=O) groups excluding carboxylic acids is 1. The van der Waals surface area contributed by atoms with Gasteiger partial charge >= 0.3 is 0 Å². The molecule has 2 N–H and O–H groups in total. The highest BCUT2D eigenvalue weighted by Gasteiger charge is 2.18. The zero-order chi connectivity index (χ0) is 10.7. The smallest absolute Gasteiger partial charge is 0.246 e. The van der Waals surface area contributed by atoms with Crippen LogP contribution >= 0.6 is 11.3 Å². The van der Waals surface area contributed by atoms with Crippen LogP contribution in [0.2, 0.25) is 0 Å². The molecule has 0 spiro atoms. The molecule has 2 rings (SSSR count). The van der Waals surface area contributed by atoms with Gasteiger partial charge in [0.2, 0.25) is 5.78 Å². The molecule has 0 saturated carbocycles. The maximum atomic E-state index is 11.8. The standard InChI is InChI=1S/C10H12N2O2S/c11-5-9-12-7(6-15-9)10(13)8-3-1-2-4-14-8/h3,6H,1-2,4-5,11H2. The molecule has 0 radical (unpaired) electrons. The Hall–Kier alpha value is -1.20. The molecular weight excluding hydrogens is 212 g/mol. The third-order valence-corrected chi connectivity index (χ3v) is 2.99. The fraction of sp³-hybridized carbons (Fsp3) is 0.400. The van der Waals surface area contributed by atoms with Gasteiger partial charge in [0.1, 0.15) is 10.7 Å². The highest BCUT2D eigenvalue weighted by Crippen LogP contribution is 2.17. The summed E-state index contributed by atoms with van der Waals surface area (Å²) in [7, 11) is 0. The van der Waals surface area contributed by atoms with E-state index < -0.39 is 0 Å². The van der Waals surface area contributed by atoms with Gasteiger partial charge < -0.3 is 10.5 Å². The van der Waals surface area contributed by atoms with Gasteiger partial charge in [-0.3, -0.25) is 4.79 Å². The van der Waals surface area contributed by atoms with E-state index in [0.29, 0.717) is 24.6 Å². The number of hydrogen-bond donors (Lipinski definition) is 1. The van der Waals surface area contributed by atoms with Crippen LogP contribution in [0.25, 0.3) is 0 Å². The molecule has 5 heteroatoms. The summed E-state index contributed by atoms with van der Waals surface area (Å²) in [6.07, 6.45) is 3.70. The molecule has 0 aromatic carbocycles. The van der Waals surface area contributed by atoms with Crippen molar-refractivity contribution >= 4 is 17.1 Å². The van der Waals surface area contributed by atoms with E-state index in [1.54, 1.807) is 5.38 Å². The minimum Gasteiger partial charge on any atom is -0.490 e. The number of rotatable bonds is 3. The maximum Gasteiger partial charge on any atom is 0.246 e. The number of carbonyl (C=O) groups is 1. The minimum atomic E-state index is -0.134. The van der Waals surface area contributed by atoms with Gasteiger partial charge in [-0.05, 0) is 18.9 Å². The second-order valence-electron chi connectivity index (χ2n) is 3.22. The number of thiazole rings is 1. The molecule has 15 heavy (non-hydrogen) atoms. The Labute approximate surface area is 91.8 Å². The maximum absolute atomic E-state index is 11.8. The first-order valence-electron chi connectivity index (χ1n) is 4.83. The molecule has 0 aliphatic carbocycles. The molecule has 1 aliphatic rings. The van der Waals surface area contributed by atoms with E-state index in [-0.39, 0.29) is 5.78 Å². The molecule has 1 aromatic heterocycles. The van der Waals surface area contributed by atoms with Crippen LogP contribution in [0.4, 0.5) is 0 Å². The number of nitrogens with two attached hydrogens (primary N) is 1. The second-order valence-corrected chi connectivity index (χ2v) is 4.16. The van der Waals surface area contributed by atoms with Crippen LogP contribution < -0.4 is 5.73 Å². The van der Waals surface area contributed by atoms with E-state index >= 15 is 0 Å². The topological polar surface area (TPSA) is 65.2 Å². The summed E-state index contributed by atoms with van der Waals surface area (Å²) in [5, 5.41) is 2.50. The van der Waals surface area contributed by atoms with E-state index in [2.05, 4.69) is 4.98 Å². The molecule has 0 amide bonds. The van der Waals surface area contributed by atoms with Crippen LogP contribution in [0.1, 0.15) is 28.3 Å². The Bertz CT molecular complexity index is 398. The molecule has 1 aliphatic heterocycles. The van der Waals surface area contributed by atoms with Crippen molar-refractivity contribution in [3.63, 3.8) is 0 Å². The Balaban J connectivity index is 2.16. The number of ketones is 1. The number of allylic oxidation sites excluding steroid dienone is 2. The predicted molar refractivity (Wildman–Crippen MR) is 57.6 cm³/mol. The SMILES string of the molecule is NCc1nc(C(=O)C2=CCCCO2)cs1. The van der Waals surface area contributed by atoms with Gasteiger partial charge in [-0.1, -0.05) is 0 Å². The van der Waals surface area contributed by atoms with Crippen molar-refractivity contribution in [3.05, 3.63) is 27.9 Å². The van der Waals surface area contributed by atoms with E-state index in [1.165, 1.54) is 11.3 Å². The van der Waals surface area contributed by atoms with Crippen LogP contribution in [-0.4, -0.2) is 17.4 Å². The van der Waals surface area contributed by atoms with Gasteiger partial charge in [-0.15, -0.1) is 11.3 Å². The minimum absolute atomic E-state index is 0.134. The summed E-state index contributed by atoms with van der Waals surface area (Å²) in [6.45, 7) is 0.989. The van der Waals surface area contributed by atoms with Gasteiger partial charge in [0, 0.05) is 11.9 Å². The van der Waals surface area contributed by atoms with Gasteiger partial charge in [-0.2, -0.15) is 0 Å². The number of ether oxygens (including phenoxy) is 1. The van der Waals surface area contributed by atoms with Crippen molar-refractivity contribution in [2.24, 2.45) is 5.73 Å². The van der Waals surface area contributed by atoms with Crippen molar-refractivity contribution in [1.29, 1.82) is 0 Å². The zero-order valence-electron chi connectivity index (χ0n) is 8.23. The van der Waals surface area contributed by atoms with E-state index in [4.69, 9.17) is 10.5 Å². The number of Topliss-reactive ketones (excluding diaryl/α,β-unsaturated/α-hetero) is 1. The Morgan fingerprint density at radius 1 is 1.67 bits per heavy atom. The fourth-order valence-electron chi connectivity index (χ4n) is 1.35. The number of hydrogen-bond acceptors (Lipinski definition) is 5. The van der Waals surface area contributed by atoms with E-state index in [1.807, 2.05) is 6.08 Å². The monoisotopic (exact) mass is 224 g/mol. The van der Waals surface area contributed by atoms with Crippen molar-refractivity contribution in [3.8, 4) is 0 Å². The van der Waals surface area contributed by atoms with Crippen molar-refractivity contribution in [2.45, 2.75) is 19.4 Å². The first-order chi connectivity index (χ1) is 7.31. The normalized spacial score (nSPS) is 15.7. The predicted octanol–water partition coefficient (Wildman–Crippen LogP) is 1.48. The molecule has 0 atom stereocenters. The zero-order valence-corrected chi connectivity index (χ0v) is 9.05. The van der Waals surface area contributed by atoms with Crippen molar-refractivity contribution in [1.82, 2.24) is 4.98 Å². The quantitative estimate of drug-likeness (QED) is 0.790. The Morgan fingerprint density at radius 2 is 2.53 bits per heavy atom. The summed E-state index contributed by atoms with van der Waals surface area (Å²) >= 11 is 1.40.